The van der Waals surface area contributed by atoms with E-state index < -0.39 is 0 Å². The van der Waals surface area contributed by atoms with Crippen molar-refractivity contribution in [3.8, 4) is 0 Å². The van der Waals surface area contributed by atoms with E-state index in [1.807, 2.05) is 13.8 Å². The lowest BCUT2D eigenvalue weighted by Gasteiger charge is -2.16. The molecule has 116 valence electrons. The van der Waals surface area contributed by atoms with E-state index in [0.29, 0.717) is 6.04 Å². The van der Waals surface area contributed by atoms with Crippen LogP contribution in [0.15, 0.2) is 23.0 Å². The number of imidazole rings is 1. The number of anilines is 1. The Morgan fingerprint density at radius 3 is 3.05 bits per heavy atom. The molecule has 1 atom stereocenters. The van der Waals surface area contributed by atoms with Crippen LogP contribution in [0.5, 0.6) is 0 Å². The first-order valence-electron chi connectivity index (χ1n) is 7.59. The maximum absolute atomic E-state index is 5.36. The molecule has 2 aromatic heterocycles. The fourth-order valence-electron chi connectivity index (χ4n) is 2.35. The van der Waals surface area contributed by atoms with Crippen molar-refractivity contribution in [2.75, 3.05) is 25.1 Å². The minimum absolute atomic E-state index is 0.398. The highest BCUT2D eigenvalue weighted by Crippen LogP contribution is 2.21. The quantitative estimate of drug-likeness (QED) is 0.714. The lowest BCUT2D eigenvalue weighted by atomic mass is 10.1. The topological polar surface area (TPSA) is 39.1 Å². The average Bonchev–Trinajstić information content (AvgIpc) is 3.08. The fourth-order valence-corrected chi connectivity index (χ4v) is 3.03. The Bertz CT molecular complexity index is 522. The van der Waals surface area contributed by atoms with Gasteiger partial charge in [0.1, 0.15) is 0 Å². The molecule has 4 nitrogen and oxygen atoms in total. The van der Waals surface area contributed by atoms with Crippen LogP contribution in [-0.2, 0) is 11.2 Å². The van der Waals surface area contributed by atoms with Crippen LogP contribution in [0.25, 0.3) is 0 Å². The third-order valence-electron chi connectivity index (χ3n) is 3.39. The van der Waals surface area contributed by atoms with Crippen LogP contribution in [0.2, 0.25) is 0 Å². The molecule has 0 amide bonds. The smallest absolute Gasteiger partial charge is 0.203 e. The van der Waals surface area contributed by atoms with Gasteiger partial charge >= 0.3 is 0 Å². The molecule has 0 bridgehead atoms. The van der Waals surface area contributed by atoms with Crippen LogP contribution in [0.1, 0.15) is 37.6 Å². The number of aryl methyl sites for hydroxylation is 1. The number of thiophene rings is 1. The Kier molecular flexibility index (Phi) is 6.26. The Morgan fingerprint density at radius 2 is 2.33 bits per heavy atom. The first kappa shape index (κ1) is 16.0. The average molecular weight is 307 g/mol. The molecule has 0 aromatic carbocycles. The molecule has 0 saturated heterocycles. The number of nitrogens with one attached hydrogen (secondary N) is 1. The first-order chi connectivity index (χ1) is 10.2. The van der Waals surface area contributed by atoms with Gasteiger partial charge in [0.05, 0.1) is 5.69 Å². The zero-order chi connectivity index (χ0) is 15.1. The monoisotopic (exact) mass is 307 g/mol. The van der Waals surface area contributed by atoms with Gasteiger partial charge in [0, 0.05) is 32.0 Å². The maximum atomic E-state index is 5.36. The summed E-state index contributed by atoms with van der Waals surface area (Å²) in [4.78, 5) is 4.59. The first-order valence-corrected chi connectivity index (χ1v) is 8.53. The van der Waals surface area contributed by atoms with E-state index in [1.54, 1.807) is 11.3 Å². The van der Waals surface area contributed by atoms with Gasteiger partial charge < -0.3 is 14.6 Å². The van der Waals surface area contributed by atoms with Crippen LogP contribution in [0.4, 0.5) is 5.95 Å². The molecule has 2 aromatic rings. The van der Waals surface area contributed by atoms with Gasteiger partial charge in [-0.2, -0.15) is 11.3 Å². The van der Waals surface area contributed by atoms with Crippen LogP contribution in [-0.4, -0.2) is 29.3 Å². The van der Waals surface area contributed by atoms with Crippen molar-refractivity contribution in [1.29, 1.82) is 0 Å². The van der Waals surface area contributed by atoms with Gasteiger partial charge in [0.15, 0.2) is 0 Å². The SMILES string of the molecule is CCOCCCNc1nc(C)cn1C(C)Cc1ccsc1. The number of ether oxygens (including phenoxy) is 1. The molecule has 0 aliphatic rings. The summed E-state index contributed by atoms with van der Waals surface area (Å²) in [6, 6.07) is 2.59. The lowest BCUT2D eigenvalue weighted by Crippen LogP contribution is -2.14. The van der Waals surface area contributed by atoms with E-state index in [9.17, 15) is 0 Å². The highest BCUT2D eigenvalue weighted by molar-refractivity contribution is 7.07. The lowest BCUT2D eigenvalue weighted by molar-refractivity contribution is 0.147. The van der Waals surface area contributed by atoms with Gasteiger partial charge in [0.25, 0.3) is 0 Å². The fraction of sp³-hybridized carbons (Fsp3) is 0.562. The van der Waals surface area contributed by atoms with Crippen molar-refractivity contribution < 1.29 is 4.74 Å². The van der Waals surface area contributed by atoms with E-state index in [1.165, 1.54) is 5.56 Å². The number of hydrogen-bond acceptors (Lipinski definition) is 4. The molecule has 2 heterocycles. The summed E-state index contributed by atoms with van der Waals surface area (Å²) in [5.41, 5.74) is 2.45. The van der Waals surface area contributed by atoms with Crippen molar-refractivity contribution in [1.82, 2.24) is 9.55 Å². The van der Waals surface area contributed by atoms with Crippen LogP contribution in [0.3, 0.4) is 0 Å². The summed E-state index contributed by atoms with van der Waals surface area (Å²) >= 11 is 1.75. The second-order valence-electron chi connectivity index (χ2n) is 5.28. The minimum Gasteiger partial charge on any atom is -0.382 e. The summed E-state index contributed by atoms with van der Waals surface area (Å²) in [6.07, 6.45) is 4.16. The van der Waals surface area contributed by atoms with E-state index >= 15 is 0 Å². The summed E-state index contributed by atoms with van der Waals surface area (Å²) < 4.78 is 7.60. The summed E-state index contributed by atoms with van der Waals surface area (Å²) in [5, 5.41) is 7.78. The number of nitrogens with zero attached hydrogens (tertiary/aromatic N) is 2. The largest absolute Gasteiger partial charge is 0.382 e. The molecule has 21 heavy (non-hydrogen) atoms. The molecule has 0 radical (unpaired) electrons. The number of rotatable bonds is 9. The van der Waals surface area contributed by atoms with Crippen molar-refractivity contribution in [2.45, 2.75) is 39.7 Å². The Hall–Kier alpha value is -1.33. The molecule has 1 unspecified atom stereocenters. The summed E-state index contributed by atoms with van der Waals surface area (Å²) in [7, 11) is 0. The number of aromatic nitrogens is 2. The van der Waals surface area contributed by atoms with Crippen molar-refractivity contribution in [3.63, 3.8) is 0 Å². The van der Waals surface area contributed by atoms with Gasteiger partial charge in [-0.15, -0.1) is 0 Å². The molecule has 0 aliphatic heterocycles. The van der Waals surface area contributed by atoms with Gasteiger partial charge in [-0.1, -0.05) is 0 Å². The predicted molar refractivity (Wildman–Crippen MR) is 89.3 cm³/mol. The molecule has 5 heteroatoms. The Labute approximate surface area is 131 Å². The highest BCUT2D eigenvalue weighted by atomic mass is 32.1. The molecule has 0 spiro atoms. The third-order valence-corrected chi connectivity index (χ3v) is 4.12. The van der Waals surface area contributed by atoms with E-state index in [4.69, 9.17) is 4.74 Å². The zero-order valence-corrected chi connectivity index (χ0v) is 13.9. The van der Waals surface area contributed by atoms with Gasteiger partial charge in [-0.3, -0.25) is 0 Å². The Morgan fingerprint density at radius 1 is 1.48 bits per heavy atom. The molecule has 0 saturated carbocycles. The Balaban J connectivity index is 1.92. The second kappa shape index (κ2) is 8.20. The molecule has 1 N–H and O–H groups in total. The summed E-state index contributed by atoms with van der Waals surface area (Å²) in [6.45, 7) is 8.78. The normalized spacial score (nSPS) is 12.5. The van der Waals surface area contributed by atoms with Crippen LogP contribution in [0, 0.1) is 6.92 Å². The molecule has 2 rings (SSSR count). The molecule has 0 aliphatic carbocycles. The van der Waals surface area contributed by atoms with E-state index in [0.717, 1.165) is 44.2 Å². The van der Waals surface area contributed by atoms with Gasteiger partial charge in [0.2, 0.25) is 5.95 Å². The van der Waals surface area contributed by atoms with Gasteiger partial charge in [-0.05, 0) is 56.0 Å². The van der Waals surface area contributed by atoms with E-state index in [2.05, 4.69) is 44.8 Å². The van der Waals surface area contributed by atoms with Crippen LogP contribution >= 0.6 is 11.3 Å². The van der Waals surface area contributed by atoms with Crippen molar-refractivity contribution >= 4 is 17.3 Å². The van der Waals surface area contributed by atoms with E-state index in [-0.39, 0.29) is 0 Å². The number of hydrogen-bond donors (Lipinski definition) is 1. The minimum atomic E-state index is 0.398. The molecular formula is C16H25N3OS. The third kappa shape index (κ3) is 4.86. The zero-order valence-electron chi connectivity index (χ0n) is 13.1. The molecular weight excluding hydrogens is 282 g/mol. The van der Waals surface area contributed by atoms with Crippen LogP contribution < -0.4 is 5.32 Å². The maximum Gasteiger partial charge on any atom is 0.203 e. The standard InChI is InChI=1S/C16H25N3OS/c1-4-20-8-5-7-17-16-18-13(2)11-19(16)14(3)10-15-6-9-21-12-15/h6,9,11-12,14H,4-5,7-8,10H2,1-3H3,(H,17,18). The van der Waals surface area contributed by atoms with Gasteiger partial charge in [-0.25, -0.2) is 4.98 Å². The van der Waals surface area contributed by atoms with Crippen molar-refractivity contribution in [3.05, 3.63) is 34.3 Å². The highest BCUT2D eigenvalue weighted by Gasteiger charge is 2.12. The second-order valence-corrected chi connectivity index (χ2v) is 6.06. The van der Waals surface area contributed by atoms with Crippen molar-refractivity contribution in [2.24, 2.45) is 0 Å². The summed E-state index contributed by atoms with van der Waals surface area (Å²) in [5.74, 6) is 0.965. The predicted octanol–water partition coefficient (Wildman–Crippen LogP) is 3.90. The molecule has 0 fully saturated rings.